The van der Waals surface area contributed by atoms with Crippen molar-refractivity contribution < 1.29 is 18.3 Å². The van der Waals surface area contributed by atoms with E-state index in [1.165, 1.54) is 16.6 Å². The number of rotatable bonds is 6. The normalized spacial score (nSPS) is 17.8. The number of hydrogen-bond donors (Lipinski definition) is 3. The molecule has 3 N–H and O–H groups in total. The molecule has 8 nitrogen and oxygen atoms in total. The van der Waals surface area contributed by atoms with Gasteiger partial charge in [0.2, 0.25) is 5.91 Å². The fourth-order valence-corrected chi connectivity index (χ4v) is 3.69. The Morgan fingerprint density at radius 1 is 1.48 bits per heavy atom. The average molecular weight is 316 g/mol. The van der Waals surface area contributed by atoms with E-state index in [1.54, 1.807) is 0 Å². The Bertz CT molecular complexity index is 550. The van der Waals surface area contributed by atoms with Gasteiger partial charge in [0, 0.05) is 32.2 Å². The first-order chi connectivity index (χ1) is 10.1. The predicted molar refractivity (Wildman–Crippen MR) is 74.8 cm³/mol. The van der Waals surface area contributed by atoms with E-state index in [1.807, 2.05) is 0 Å². The summed E-state index contributed by atoms with van der Waals surface area (Å²) in [5.74, 6) is -0.237. The van der Waals surface area contributed by atoms with Crippen LogP contribution in [0.1, 0.15) is 19.3 Å². The van der Waals surface area contributed by atoms with Crippen LogP contribution in [0.5, 0.6) is 0 Å². The summed E-state index contributed by atoms with van der Waals surface area (Å²) >= 11 is 0. The zero-order valence-electron chi connectivity index (χ0n) is 11.7. The third-order valence-electron chi connectivity index (χ3n) is 3.55. The molecule has 1 aromatic rings. The summed E-state index contributed by atoms with van der Waals surface area (Å²) in [6.07, 6.45) is 2.92. The average Bonchev–Trinajstić information content (AvgIpc) is 3.02. The predicted octanol–water partition coefficient (Wildman–Crippen LogP) is -0.691. The highest BCUT2D eigenvalue weighted by Gasteiger charge is 2.32. The maximum atomic E-state index is 12.3. The summed E-state index contributed by atoms with van der Waals surface area (Å²) in [5, 5.41) is 17.6. The van der Waals surface area contributed by atoms with Crippen molar-refractivity contribution in [2.24, 2.45) is 5.92 Å². The molecule has 1 aliphatic heterocycles. The zero-order chi connectivity index (χ0) is 15.3. The summed E-state index contributed by atoms with van der Waals surface area (Å²) in [4.78, 5) is 11.9. The maximum Gasteiger partial charge on any atom is 0.259 e. The highest BCUT2D eigenvalue weighted by atomic mass is 32.2. The number of H-pyrrole nitrogens is 1. The number of aliphatic hydroxyl groups excluding tert-OH is 1. The highest BCUT2D eigenvalue weighted by molar-refractivity contribution is 7.89. The summed E-state index contributed by atoms with van der Waals surface area (Å²) in [7, 11) is -3.54. The van der Waals surface area contributed by atoms with Gasteiger partial charge in [-0.3, -0.25) is 9.89 Å². The Kier molecular flexibility index (Phi) is 5.32. The lowest BCUT2D eigenvalue weighted by Crippen LogP contribution is -2.43. The van der Waals surface area contributed by atoms with Gasteiger partial charge < -0.3 is 10.4 Å². The van der Waals surface area contributed by atoms with Crippen molar-refractivity contribution in [1.82, 2.24) is 19.8 Å². The SMILES string of the molecule is O=C(NCCCO)C1CCN(S(=O)(=O)c2ccn[nH]2)CC1. The van der Waals surface area contributed by atoms with Gasteiger partial charge in [0.05, 0.1) is 6.20 Å². The van der Waals surface area contributed by atoms with Crippen molar-refractivity contribution in [2.45, 2.75) is 24.3 Å². The van der Waals surface area contributed by atoms with Gasteiger partial charge >= 0.3 is 0 Å². The Morgan fingerprint density at radius 2 is 2.19 bits per heavy atom. The fourth-order valence-electron chi connectivity index (χ4n) is 2.32. The van der Waals surface area contributed by atoms with E-state index in [0.29, 0.717) is 38.9 Å². The van der Waals surface area contributed by atoms with E-state index in [-0.39, 0.29) is 23.5 Å². The molecule has 0 aromatic carbocycles. The van der Waals surface area contributed by atoms with Crippen molar-refractivity contribution in [3.05, 3.63) is 12.3 Å². The van der Waals surface area contributed by atoms with Crippen LogP contribution < -0.4 is 5.32 Å². The van der Waals surface area contributed by atoms with Crippen LogP contribution in [0.2, 0.25) is 0 Å². The van der Waals surface area contributed by atoms with Crippen molar-refractivity contribution in [2.75, 3.05) is 26.2 Å². The molecule has 0 aliphatic carbocycles. The molecule has 1 fully saturated rings. The molecule has 0 atom stereocenters. The zero-order valence-corrected chi connectivity index (χ0v) is 12.5. The van der Waals surface area contributed by atoms with E-state index in [0.717, 1.165) is 0 Å². The van der Waals surface area contributed by atoms with E-state index >= 15 is 0 Å². The van der Waals surface area contributed by atoms with Gasteiger partial charge in [-0.05, 0) is 25.3 Å². The smallest absolute Gasteiger partial charge is 0.259 e. The van der Waals surface area contributed by atoms with Gasteiger partial charge in [0.25, 0.3) is 10.0 Å². The van der Waals surface area contributed by atoms with Crippen LogP contribution in [0, 0.1) is 5.92 Å². The molecule has 1 aromatic heterocycles. The van der Waals surface area contributed by atoms with Gasteiger partial charge in [-0.2, -0.15) is 9.40 Å². The molecule has 0 radical (unpaired) electrons. The molecule has 0 saturated carbocycles. The molecule has 21 heavy (non-hydrogen) atoms. The molecule has 1 amide bonds. The number of aliphatic hydroxyl groups is 1. The number of carbonyl (C=O) groups is 1. The summed E-state index contributed by atoms with van der Waals surface area (Å²) in [5.41, 5.74) is 0. The first-order valence-electron chi connectivity index (χ1n) is 6.94. The third-order valence-corrected chi connectivity index (χ3v) is 5.38. The van der Waals surface area contributed by atoms with Gasteiger partial charge in [-0.1, -0.05) is 0 Å². The van der Waals surface area contributed by atoms with E-state index in [9.17, 15) is 13.2 Å². The van der Waals surface area contributed by atoms with Crippen LogP contribution >= 0.6 is 0 Å². The molecule has 1 aliphatic rings. The standard InChI is InChI=1S/C12H20N4O4S/c17-9-1-5-13-12(18)10-3-7-16(8-4-10)21(19,20)11-2-6-14-15-11/h2,6,10,17H,1,3-5,7-9H2,(H,13,18)(H,14,15). The molecule has 0 spiro atoms. The topological polar surface area (TPSA) is 115 Å². The summed E-state index contributed by atoms with van der Waals surface area (Å²) in [6, 6.07) is 1.42. The Balaban J connectivity index is 1.87. The molecule has 1 saturated heterocycles. The largest absolute Gasteiger partial charge is 0.396 e. The van der Waals surface area contributed by atoms with Crippen molar-refractivity contribution in [3.8, 4) is 0 Å². The van der Waals surface area contributed by atoms with Crippen LogP contribution in [-0.2, 0) is 14.8 Å². The van der Waals surface area contributed by atoms with Gasteiger partial charge in [0.1, 0.15) is 0 Å². The number of aromatic nitrogens is 2. The number of aromatic amines is 1. The van der Waals surface area contributed by atoms with Crippen molar-refractivity contribution >= 4 is 15.9 Å². The maximum absolute atomic E-state index is 12.3. The van der Waals surface area contributed by atoms with E-state index < -0.39 is 10.0 Å². The molecule has 118 valence electrons. The number of piperidine rings is 1. The van der Waals surface area contributed by atoms with Crippen LogP contribution in [0.4, 0.5) is 0 Å². The minimum Gasteiger partial charge on any atom is -0.396 e. The molecule has 2 heterocycles. The number of sulfonamides is 1. The Labute approximate surface area is 123 Å². The van der Waals surface area contributed by atoms with Crippen molar-refractivity contribution in [3.63, 3.8) is 0 Å². The lowest BCUT2D eigenvalue weighted by atomic mass is 9.97. The molecule has 2 rings (SSSR count). The van der Waals surface area contributed by atoms with Crippen molar-refractivity contribution in [1.29, 1.82) is 0 Å². The summed E-state index contributed by atoms with van der Waals surface area (Å²) in [6.45, 7) is 1.13. The third kappa shape index (κ3) is 3.80. The Morgan fingerprint density at radius 3 is 2.76 bits per heavy atom. The number of nitrogens with zero attached hydrogens (tertiary/aromatic N) is 2. The monoisotopic (exact) mass is 316 g/mol. The number of amides is 1. The van der Waals surface area contributed by atoms with E-state index in [4.69, 9.17) is 5.11 Å². The molecular formula is C12H20N4O4S. The quantitative estimate of drug-likeness (QED) is 0.601. The fraction of sp³-hybridized carbons (Fsp3) is 0.667. The Hall–Kier alpha value is -1.45. The van der Waals surface area contributed by atoms with Gasteiger partial charge in [-0.25, -0.2) is 8.42 Å². The second-order valence-electron chi connectivity index (χ2n) is 4.97. The van der Waals surface area contributed by atoms with Crippen LogP contribution in [-0.4, -0.2) is 60.2 Å². The van der Waals surface area contributed by atoms with Crippen LogP contribution in [0.15, 0.2) is 17.3 Å². The number of hydrogen-bond acceptors (Lipinski definition) is 5. The first-order valence-corrected chi connectivity index (χ1v) is 8.38. The number of nitrogens with one attached hydrogen (secondary N) is 2. The van der Waals surface area contributed by atoms with E-state index in [2.05, 4.69) is 15.5 Å². The second kappa shape index (κ2) is 7.01. The van der Waals surface area contributed by atoms with Crippen LogP contribution in [0.25, 0.3) is 0 Å². The minimum atomic E-state index is -3.54. The summed E-state index contributed by atoms with van der Waals surface area (Å²) < 4.78 is 25.9. The lowest BCUT2D eigenvalue weighted by molar-refractivity contribution is -0.126. The van der Waals surface area contributed by atoms with Crippen LogP contribution in [0.3, 0.4) is 0 Å². The second-order valence-corrected chi connectivity index (χ2v) is 6.87. The lowest BCUT2D eigenvalue weighted by Gasteiger charge is -2.30. The van der Waals surface area contributed by atoms with Gasteiger partial charge in [-0.15, -0.1) is 0 Å². The molecule has 0 unspecified atom stereocenters. The highest BCUT2D eigenvalue weighted by Crippen LogP contribution is 2.22. The molecule has 0 bridgehead atoms. The molecule has 9 heteroatoms. The minimum absolute atomic E-state index is 0.0428. The first kappa shape index (κ1) is 15.9. The molecular weight excluding hydrogens is 296 g/mol. The number of carbonyl (C=O) groups excluding carboxylic acids is 1. The van der Waals surface area contributed by atoms with Gasteiger partial charge in [0.15, 0.2) is 5.03 Å².